The fourth-order valence-corrected chi connectivity index (χ4v) is 4.28. The molecule has 0 radical (unpaired) electrons. The first-order valence-corrected chi connectivity index (χ1v) is 10.3. The molecule has 4 nitrogen and oxygen atoms in total. The van der Waals surface area contributed by atoms with Crippen molar-refractivity contribution in [2.24, 2.45) is 15.0 Å². The van der Waals surface area contributed by atoms with Crippen molar-refractivity contribution in [3.05, 3.63) is 109 Å². The number of aliphatic imine (C=N–C) groups is 3. The molecule has 0 spiro atoms. The van der Waals surface area contributed by atoms with E-state index < -0.39 is 0 Å². The largest absolute Gasteiger partial charge is 0.440 e. The summed E-state index contributed by atoms with van der Waals surface area (Å²) in [5.74, 6) is 0.874. The first-order valence-electron chi connectivity index (χ1n) is 10.3. The Bertz CT molecular complexity index is 1070. The molecule has 158 valence electrons. The molecule has 2 atom stereocenters. The van der Waals surface area contributed by atoms with Crippen LogP contribution in [0.1, 0.15) is 43.2 Å². The van der Waals surface area contributed by atoms with Crippen molar-refractivity contribution in [3.63, 3.8) is 0 Å². The van der Waals surface area contributed by atoms with Gasteiger partial charge in [-0.25, -0.2) is 4.99 Å². The molecule has 4 heteroatoms. The van der Waals surface area contributed by atoms with E-state index in [-0.39, 0.29) is 17.8 Å². The van der Waals surface area contributed by atoms with Crippen LogP contribution in [0.5, 0.6) is 0 Å². The maximum Gasteiger partial charge on any atom is 0.211 e. The second-order valence-corrected chi connectivity index (χ2v) is 7.72. The van der Waals surface area contributed by atoms with Gasteiger partial charge in [-0.3, -0.25) is 9.98 Å². The van der Waals surface area contributed by atoms with E-state index in [0.29, 0.717) is 17.9 Å². The second kappa shape index (κ2) is 9.52. The summed E-state index contributed by atoms with van der Waals surface area (Å²) in [6.45, 7) is 25.5. The summed E-state index contributed by atoms with van der Waals surface area (Å²) in [6, 6.07) is 8.50. The summed E-state index contributed by atoms with van der Waals surface area (Å²) in [6.07, 6.45) is 5.95. The van der Waals surface area contributed by atoms with Crippen LogP contribution in [-0.4, -0.2) is 24.2 Å². The highest BCUT2D eigenvalue weighted by Crippen LogP contribution is 2.39. The Morgan fingerprint density at radius 1 is 1.16 bits per heavy atom. The smallest absolute Gasteiger partial charge is 0.211 e. The second-order valence-electron chi connectivity index (χ2n) is 7.72. The van der Waals surface area contributed by atoms with E-state index in [1.807, 2.05) is 12.1 Å². The average Bonchev–Trinajstić information content (AvgIpc) is 2.76. The lowest BCUT2D eigenvalue weighted by molar-refractivity contribution is 0.318. The molecule has 0 aromatic heterocycles. The van der Waals surface area contributed by atoms with Gasteiger partial charge in [-0.2, -0.15) is 0 Å². The number of hydrogen-bond donors (Lipinski definition) is 0. The Balaban J connectivity index is 2.07. The van der Waals surface area contributed by atoms with Crippen LogP contribution in [0, 0.1) is 0 Å². The van der Waals surface area contributed by atoms with Crippen LogP contribution in [0.15, 0.2) is 113 Å². The maximum absolute atomic E-state index is 5.67. The Morgan fingerprint density at radius 3 is 2.55 bits per heavy atom. The number of nitrogens with zero attached hydrogens (tertiary/aromatic N) is 3. The normalized spacial score (nSPS) is 23.3. The lowest BCUT2D eigenvalue weighted by Gasteiger charge is -2.32. The summed E-state index contributed by atoms with van der Waals surface area (Å²) in [5, 5.41) is 0. The third-order valence-electron chi connectivity index (χ3n) is 5.73. The minimum Gasteiger partial charge on any atom is -0.440 e. The van der Waals surface area contributed by atoms with Crippen molar-refractivity contribution in [1.82, 2.24) is 0 Å². The minimum atomic E-state index is 0.0590. The highest BCUT2D eigenvalue weighted by Gasteiger charge is 2.31. The number of allylic oxidation sites excluding steroid dienone is 4. The van der Waals surface area contributed by atoms with Gasteiger partial charge in [0.2, 0.25) is 5.88 Å². The van der Waals surface area contributed by atoms with E-state index in [1.165, 1.54) is 5.56 Å². The maximum atomic E-state index is 5.67. The van der Waals surface area contributed by atoms with Gasteiger partial charge in [0.15, 0.2) is 0 Å². The van der Waals surface area contributed by atoms with Crippen LogP contribution in [0.25, 0.3) is 0 Å². The van der Waals surface area contributed by atoms with Gasteiger partial charge in [0.1, 0.15) is 5.76 Å². The predicted molar refractivity (Wildman–Crippen MR) is 132 cm³/mol. The van der Waals surface area contributed by atoms with Crippen LogP contribution in [0.2, 0.25) is 0 Å². The third kappa shape index (κ3) is 4.64. The quantitative estimate of drug-likeness (QED) is 0.391. The summed E-state index contributed by atoms with van der Waals surface area (Å²) in [7, 11) is 0. The third-order valence-corrected chi connectivity index (χ3v) is 5.73. The molecule has 0 N–H and O–H groups in total. The highest BCUT2D eigenvalue weighted by atomic mass is 16.5. The molecule has 2 aliphatic rings. The highest BCUT2D eigenvalue weighted by molar-refractivity contribution is 6.12. The summed E-state index contributed by atoms with van der Waals surface area (Å²) >= 11 is 0. The molecule has 2 unspecified atom stereocenters. The van der Waals surface area contributed by atoms with Crippen LogP contribution in [-0.2, 0) is 4.74 Å². The summed E-state index contributed by atoms with van der Waals surface area (Å²) < 4.78 is 5.67. The van der Waals surface area contributed by atoms with E-state index in [1.54, 1.807) is 6.08 Å². The number of ether oxygens (including phenoxy) is 1. The zero-order valence-electron chi connectivity index (χ0n) is 18.2. The number of rotatable bonds is 6. The van der Waals surface area contributed by atoms with Gasteiger partial charge in [0, 0.05) is 29.2 Å². The molecule has 0 amide bonds. The van der Waals surface area contributed by atoms with Crippen molar-refractivity contribution in [3.8, 4) is 0 Å². The van der Waals surface area contributed by atoms with Crippen molar-refractivity contribution in [1.29, 1.82) is 0 Å². The first-order chi connectivity index (χ1) is 14.9. The first kappa shape index (κ1) is 22.2. The summed E-state index contributed by atoms with van der Waals surface area (Å²) in [5.41, 5.74) is 6.69. The molecule has 1 aromatic rings. The molecule has 0 aliphatic carbocycles. The van der Waals surface area contributed by atoms with Gasteiger partial charge < -0.3 is 4.74 Å². The van der Waals surface area contributed by atoms with Crippen LogP contribution in [0.3, 0.4) is 0 Å². The molecule has 0 saturated carbocycles. The molecule has 2 aliphatic heterocycles. The van der Waals surface area contributed by atoms with E-state index in [0.717, 1.165) is 41.0 Å². The van der Waals surface area contributed by atoms with Gasteiger partial charge in [-0.05, 0) is 50.8 Å². The minimum absolute atomic E-state index is 0.0590. The molecule has 31 heavy (non-hydrogen) atoms. The van der Waals surface area contributed by atoms with Crippen LogP contribution < -0.4 is 0 Å². The lowest BCUT2D eigenvalue weighted by atomic mass is 9.78. The van der Waals surface area contributed by atoms with Crippen molar-refractivity contribution >= 4 is 18.1 Å². The van der Waals surface area contributed by atoms with E-state index in [9.17, 15) is 0 Å². The Morgan fingerprint density at radius 2 is 1.87 bits per heavy atom. The van der Waals surface area contributed by atoms with Gasteiger partial charge in [-0.1, -0.05) is 56.2 Å². The number of fused-ring (bicyclic) bond motifs is 3. The zero-order chi connectivity index (χ0) is 22.5. The molecule has 0 fully saturated rings. The molecule has 0 saturated heterocycles. The van der Waals surface area contributed by atoms with Crippen molar-refractivity contribution in [2.45, 2.75) is 38.1 Å². The Labute approximate surface area is 185 Å². The van der Waals surface area contributed by atoms with Gasteiger partial charge in [0.05, 0.1) is 17.5 Å². The van der Waals surface area contributed by atoms with Crippen LogP contribution >= 0.6 is 0 Å². The van der Waals surface area contributed by atoms with E-state index >= 15 is 0 Å². The van der Waals surface area contributed by atoms with Crippen LogP contribution in [0.4, 0.5) is 0 Å². The lowest BCUT2D eigenvalue weighted by Crippen LogP contribution is -2.27. The van der Waals surface area contributed by atoms with E-state index in [4.69, 9.17) is 14.7 Å². The fourth-order valence-electron chi connectivity index (χ4n) is 4.28. The standard InChI is InChI=1S/C27H29N3O/c1-8-24-22-13-11-10-12-21(22)23-15-14-17(3)27(19(5)31-20(6)28-7)25(9-2)29-18(4)16-26(23)30-24/h8-13,23,26H,1-2,4-7,14-16H2,3H3/b27-17-,29-25?. The summed E-state index contributed by atoms with van der Waals surface area (Å²) in [4.78, 5) is 13.5. The molecular formula is C27H29N3O. The number of hydrogen-bond acceptors (Lipinski definition) is 4. The molecule has 3 rings (SSSR count). The number of benzene rings is 1. The molecule has 2 heterocycles. The molecular weight excluding hydrogens is 382 g/mol. The zero-order valence-corrected chi connectivity index (χ0v) is 18.2. The van der Waals surface area contributed by atoms with Gasteiger partial charge in [0.25, 0.3) is 0 Å². The fraction of sp³-hybridized carbons (Fsp3) is 0.222. The molecule has 1 aromatic carbocycles. The van der Waals surface area contributed by atoms with E-state index in [2.05, 4.69) is 69.7 Å². The average molecular weight is 412 g/mol. The molecule has 0 bridgehead atoms. The predicted octanol–water partition coefficient (Wildman–Crippen LogP) is 6.47. The SMILES string of the molecule is C=CC1=NC(=C)CC2N=C(C=C)c3ccccc3C2CC/C(C)=C\1C(=C)OC(=C)N=C. The van der Waals surface area contributed by atoms with Gasteiger partial charge in [-0.15, -0.1) is 0 Å². The monoisotopic (exact) mass is 411 g/mol. The van der Waals surface area contributed by atoms with Crippen molar-refractivity contribution in [2.75, 3.05) is 0 Å². The topological polar surface area (TPSA) is 46.3 Å². The van der Waals surface area contributed by atoms with Crippen molar-refractivity contribution < 1.29 is 4.74 Å². The Kier molecular flexibility index (Phi) is 6.81. The Hall–Kier alpha value is -3.53. The van der Waals surface area contributed by atoms with Gasteiger partial charge >= 0.3 is 0 Å².